The molecular formula is C11H15NO2S. The van der Waals surface area contributed by atoms with Crippen molar-refractivity contribution in [2.24, 2.45) is 0 Å². The molecule has 2 atom stereocenters. The first-order chi connectivity index (χ1) is 7.04. The minimum absolute atomic E-state index is 0.161. The number of hydrogen-bond donors (Lipinski definition) is 1. The molecule has 3 nitrogen and oxygen atoms in total. The van der Waals surface area contributed by atoms with Gasteiger partial charge in [0.05, 0.1) is 5.25 Å². The molecule has 1 aliphatic rings. The van der Waals surface area contributed by atoms with Crippen LogP contribution in [0.4, 0.5) is 5.69 Å². The maximum absolute atomic E-state index is 11.6. The molecule has 1 aliphatic carbocycles. The van der Waals surface area contributed by atoms with E-state index < -0.39 is 9.84 Å². The summed E-state index contributed by atoms with van der Waals surface area (Å²) in [6.07, 6.45) is 0.764. The van der Waals surface area contributed by atoms with Gasteiger partial charge < -0.3 is 5.73 Å². The van der Waals surface area contributed by atoms with Crippen LogP contribution in [0.5, 0.6) is 0 Å². The highest BCUT2D eigenvalue weighted by Crippen LogP contribution is 2.46. The molecule has 0 heterocycles. The van der Waals surface area contributed by atoms with Crippen LogP contribution in [0, 0.1) is 0 Å². The first-order valence-corrected chi connectivity index (χ1v) is 6.83. The van der Waals surface area contributed by atoms with Crippen LogP contribution >= 0.6 is 0 Å². The van der Waals surface area contributed by atoms with Crippen molar-refractivity contribution in [2.75, 3.05) is 11.5 Å². The van der Waals surface area contributed by atoms with Gasteiger partial charge in [0.15, 0.2) is 9.84 Å². The summed E-state index contributed by atoms with van der Waals surface area (Å²) in [5.74, 6) is 0.430. The molecule has 1 saturated carbocycles. The molecule has 0 saturated heterocycles. The van der Waals surface area contributed by atoms with Crippen LogP contribution in [0.3, 0.4) is 0 Å². The van der Waals surface area contributed by atoms with Gasteiger partial charge in [-0.15, -0.1) is 0 Å². The van der Waals surface area contributed by atoms with E-state index in [1.165, 1.54) is 0 Å². The van der Waals surface area contributed by atoms with E-state index >= 15 is 0 Å². The summed E-state index contributed by atoms with van der Waals surface area (Å²) in [4.78, 5) is 0. The molecule has 1 aromatic rings. The first kappa shape index (κ1) is 10.5. The topological polar surface area (TPSA) is 60.2 Å². The molecule has 0 aliphatic heterocycles. The lowest BCUT2D eigenvalue weighted by Crippen LogP contribution is -2.10. The number of sulfone groups is 1. The van der Waals surface area contributed by atoms with E-state index in [1.54, 1.807) is 6.92 Å². The second-order valence-electron chi connectivity index (χ2n) is 4.00. The van der Waals surface area contributed by atoms with Crippen LogP contribution in [0.1, 0.15) is 24.8 Å². The molecule has 0 unspecified atom stereocenters. The number of nitrogens with two attached hydrogens (primary N) is 1. The van der Waals surface area contributed by atoms with Crippen LogP contribution in [-0.4, -0.2) is 19.4 Å². The summed E-state index contributed by atoms with van der Waals surface area (Å²) in [7, 11) is -2.86. The average Bonchev–Trinajstić information content (AvgIpc) is 2.99. The van der Waals surface area contributed by atoms with Gasteiger partial charge in [0.1, 0.15) is 0 Å². The summed E-state index contributed by atoms with van der Waals surface area (Å²) in [6, 6.07) is 7.49. The van der Waals surface area contributed by atoms with Gasteiger partial charge >= 0.3 is 0 Å². The third-order valence-electron chi connectivity index (χ3n) is 2.96. The lowest BCUT2D eigenvalue weighted by molar-refractivity contribution is 0.595. The van der Waals surface area contributed by atoms with E-state index in [0.29, 0.717) is 5.69 Å². The van der Waals surface area contributed by atoms with Gasteiger partial charge in [-0.1, -0.05) is 19.1 Å². The van der Waals surface area contributed by atoms with Crippen LogP contribution in [-0.2, 0) is 9.84 Å². The van der Waals surface area contributed by atoms with Crippen molar-refractivity contribution in [3.05, 3.63) is 29.8 Å². The van der Waals surface area contributed by atoms with E-state index in [2.05, 4.69) is 0 Å². The average molecular weight is 225 g/mol. The number of rotatable bonds is 3. The van der Waals surface area contributed by atoms with Crippen LogP contribution in [0.25, 0.3) is 0 Å². The summed E-state index contributed by atoms with van der Waals surface area (Å²) in [5.41, 5.74) is 7.38. The summed E-state index contributed by atoms with van der Waals surface area (Å²) < 4.78 is 23.2. The third kappa shape index (κ3) is 2.00. The maximum atomic E-state index is 11.6. The Morgan fingerprint density at radius 3 is 2.47 bits per heavy atom. The molecule has 0 bridgehead atoms. The Morgan fingerprint density at radius 2 is 1.93 bits per heavy atom. The van der Waals surface area contributed by atoms with Gasteiger partial charge in [-0.25, -0.2) is 8.42 Å². The highest BCUT2D eigenvalue weighted by molar-refractivity contribution is 7.92. The predicted octanol–water partition coefficient (Wildman–Crippen LogP) is 1.56. The zero-order valence-electron chi connectivity index (χ0n) is 8.68. The second-order valence-corrected chi connectivity index (χ2v) is 6.51. The Labute approximate surface area is 90.2 Å². The monoisotopic (exact) mass is 225 g/mol. The number of anilines is 1. The van der Waals surface area contributed by atoms with Crippen molar-refractivity contribution in [3.63, 3.8) is 0 Å². The molecule has 1 fully saturated rings. The molecular weight excluding hydrogens is 210 g/mol. The van der Waals surface area contributed by atoms with Crippen molar-refractivity contribution in [3.8, 4) is 0 Å². The first-order valence-electron chi connectivity index (χ1n) is 5.11. The predicted molar refractivity (Wildman–Crippen MR) is 61.5 cm³/mol. The summed E-state index contributed by atoms with van der Waals surface area (Å²) in [6.45, 7) is 1.70. The number of nitrogen functional groups attached to an aromatic ring is 1. The molecule has 1 aromatic carbocycles. The zero-order valence-corrected chi connectivity index (χ0v) is 9.50. The van der Waals surface area contributed by atoms with Crippen LogP contribution in [0.15, 0.2) is 24.3 Å². The summed E-state index contributed by atoms with van der Waals surface area (Å²) >= 11 is 0. The van der Waals surface area contributed by atoms with E-state index in [0.717, 1.165) is 12.0 Å². The second kappa shape index (κ2) is 3.52. The summed E-state index contributed by atoms with van der Waals surface area (Å²) in [5, 5.41) is -0.161. The van der Waals surface area contributed by atoms with Crippen molar-refractivity contribution < 1.29 is 8.42 Å². The Balaban J connectivity index is 2.15. The molecule has 0 spiro atoms. The minimum atomic E-state index is -2.86. The zero-order chi connectivity index (χ0) is 11.1. The van der Waals surface area contributed by atoms with Gasteiger partial charge in [0.2, 0.25) is 0 Å². The van der Waals surface area contributed by atoms with Gasteiger partial charge in [-0.3, -0.25) is 0 Å². The SMILES string of the molecule is CCS(=O)(=O)[C@@H]1C[C@@H]1c1ccc(N)cc1. The molecule has 0 radical (unpaired) electrons. The van der Waals surface area contributed by atoms with Gasteiger partial charge in [0, 0.05) is 17.4 Å². The Bertz CT molecular complexity index is 450. The van der Waals surface area contributed by atoms with E-state index in [9.17, 15) is 8.42 Å². The lowest BCUT2D eigenvalue weighted by atomic mass is 10.1. The van der Waals surface area contributed by atoms with Crippen molar-refractivity contribution in [1.29, 1.82) is 0 Å². The fraction of sp³-hybridized carbons (Fsp3) is 0.455. The van der Waals surface area contributed by atoms with Crippen LogP contribution < -0.4 is 5.73 Å². The smallest absolute Gasteiger partial charge is 0.153 e. The van der Waals surface area contributed by atoms with Gasteiger partial charge in [-0.05, 0) is 24.1 Å². The molecule has 0 amide bonds. The fourth-order valence-electron chi connectivity index (χ4n) is 1.88. The van der Waals surface area contributed by atoms with Crippen molar-refractivity contribution in [2.45, 2.75) is 24.5 Å². The van der Waals surface area contributed by atoms with Crippen LogP contribution in [0.2, 0.25) is 0 Å². The molecule has 4 heteroatoms. The van der Waals surface area contributed by atoms with Crippen molar-refractivity contribution in [1.82, 2.24) is 0 Å². The highest BCUT2D eigenvalue weighted by Gasteiger charge is 2.46. The number of benzene rings is 1. The Kier molecular flexibility index (Phi) is 2.46. The molecule has 2 rings (SSSR count). The quantitative estimate of drug-likeness (QED) is 0.794. The normalized spacial score (nSPS) is 25.1. The Hall–Kier alpha value is -1.03. The van der Waals surface area contributed by atoms with Crippen molar-refractivity contribution >= 4 is 15.5 Å². The van der Waals surface area contributed by atoms with E-state index in [4.69, 9.17) is 5.73 Å². The fourth-order valence-corrected chi connectivity index (χ4v) is 3.46. The highest BCUT2D eigenvalue weighted by atomic mass is 32.2. The molecule has 82 valence electrons. The molecule has 2 N–H and O–H groups in total. The maximum Gasteiger partial charge on any atom is 0.153 e. The van der Waals surface area contributed by atoms with E-state index in [1.807, 2.05) is 24.3 Å². The van der Waals surface area contributed by atoms with Gasteiger partial charge in [-0.2, -0.15) is 0 Å². The largest absolute Gasteiger partial charge is 0.399 e. The molecule has 0 aromatic heterocycles. The standard InChI is InChI=1S/C11H15NO2S/c1-2-15(13,14)11-7-10(11)8-3-5-9(12)6-4-8/h3-6,10-11H,2,7,12H2,1H3/t10-,11-/m1/s1. The lowest BCUT2D eigenvalue weighted by Gasteiger charge is -2.01. The third-order valence-corrected chi connectivity index (χ3v) is 5.21. The minimum Gasteiger partial charge on any atom is -0.399 e. The molecule has 15 heavy (non-hydrogen) atoms. The van der Waals surface area contributed by atoms with E-state index in [-0.39, 0.29) is 16.9 Å². The van der Waals surface area contributed by atoms with Gasteiger partial charge in [0.25, 0.3) is 0 Å². The Morgan fingerprint density at radius 1 is 1.33 bits per heavy atom. The number of hydrogen-bond acceptors (Lipinski definition) is 3.